The molecule has 0 aliphatic heterocycles. The van der Waals surface area contributed by atoms with E-state index in [0.29, 0.717) is 22.9 Å². The minimum absolute atomic E-state index is 0.0574. The van der Waals surface area contributed by atoms with Crippen molar-refractivity contribution >= 4 is 23.4 Å². The molecule has 0 bridgehead atoms. The second kappa shape index (κ2) is 7.01. The number of aliphatic carboxylic acids is 1. The highest BCUT2D eigenvalue weighted by molar-refractivity contribution is 6.31. The first-order valence-electron chi connectivity index (χ1n) is 5.72. The quantitative estimate of drug-likeness (QED) is 0.773. The number of carboxylic acids is 1. The summed E-state index contributed by atoms with van der Waals surface area (Å²) in [5, 5.41) is 8.99. The van der Waals surface area contributed by atoms with Gasteiger partial charge in [0.1, 0.15) is 5.75 Å². The zero-order chi connectivity index (χ0) is 13.5. The number of Topliss-reactive ketones (excluding diaryl/α,β-unsaturated/α-hetero) is 1. The number of rotatable bonds is 7. The van der Waals surface area contributed by atoms with E-state index in [4.69, 9.17) is 21.4 Å². The molecule has 0 radical (unpaired) electrons. The summed E-state index contributed by atoms with van der Waals surface area (Å²) < 4.78 is 5.44. The molecular formula is C13H15ClO4. The Morgan fingerprint density at radius 2 is 2.06 bits per heavy atom. The number of ketones is 1. The van der Waals surface area contributed by atoms with Gasteiger partial charge < -0.3 is 9.84 Å². The van der Waals surface area contributed by atoms with Gasteiger partial charge in [-0.3, -0.25) is 9.59 Å². The van der Waals surface area contributed by atoms with Crippen LogP contribution < -0.4 is 4.74 Å². The predicted molar refractivity (Wildman–Crippen MR) is 68.4 cm³/mol. The summed E-state index contributed by atoms with van der Waals surface area (Å²) in [7, 11) is 0. The van der Waals surface area contributed by atoms with Gasteiger partial charge in [-0.1, -0.05) is 18.5 Å². The van der Waals surface area contributed by atoms with E-state index in [1.807, 2.05) is 6.92 Å². The molecule has 1 aromatic rings. The van der Waals surface area contributed by atoms with E-state index in [0.717, 1.165) is 6.42 Å². The summed E-state index contributed by atoms with van der Waals surface area (Å²) in [6, 6.07) is 4.78. The summed E-state index contributed by atoms with van der Waals surface area (Å²) in [6.45, 7) is 2.46. The van der Waals surface area contributed by atoms with Crippen LogP contribution in [0.25, 0.3) is 0 Å². The van der Waals surface area contributed by atoms with Gasteiger partial charge in [0.15, 0.2) is 5.78 Å². The van der Waals surface area contributed by atoms with Crippen LogP contribution in [0.15, 0.2) is 18.2 Å². The van der Waals surface area contributed by atoms with Gasteiger partial charge in [-0.2, -0.15) is 0 Å². The third-order valence-electron chi connectivity index (χ3n) is 2.27. The van der Waals surface area contributed by atoms with Crippen molar-refractivity contribution in [2.45, 2.75) is 26.2 Å². The van der Waals surface area contributed by atoms with E-state index in [2.05, 4.69) is 0 Å². The molecule has 5 heteroatoms. The number of hydrogen-bond acceptors (Lipinski definition) is 3. The Hall–Kier alpha value is -1.55. The fourth-order valence-corrected chi connectivity index (χ4v) is 1.59. The van der Waals surface area contributed by atoms with Gasteiger partial charge in [-0.05, 0) is 24.6 Å². The van der Waals surface area contributed by atoms with E-state index in [1.165, 1.54) is 6.07 Å². The van der Waals surface area contributed by atoms with Gasteiger partial charge in [0.2, 0.25) is 0 Å². The molecule has 0 aromatic heterocycles. The van der Waals surface area contributed by atoms with Crippen molar-refractivity contribution < 1.29 is 19.4 Å². The third kappa shape index (κ3) is 4.37. The standard InChI is InChI=1S/C13H15ClO4/c1-2-7-18-12-5-3-9(14)8-10(12)11(15)4-6-13(16)17/h3,5,8H,2,4,6-7H2,1H3,(H,16,17). The van der Waals surface area contributed by atoms with Crippen LogP contribution in [-0.2, 0) is 4.79 Å². The molecule has 4 nitrogen and oxygen atoms in total. The molecule has 0 aliphatic rings. The number of carboxylic acid groups (broad SMARTS) is 1. The lowest BCUT2D eigenvalue weighted by Gasteiger charge is -2.10. The number of benzene rings is 1. The first kappa shape index (κ1) is 14.5. The van der Waals surface area contributed by atoms with Crippen LogP contribution >= 0.6 is 11.6 Å². The molecule has 1 N–H and O–H groups in total. The molecule has 0 heterocycles. The molecule has 98 valence electrons. The fraction of sp³-hybridized carbons (Fsp3) is 0.385. The largest absolute Gasteiger partial charge is 0.493 e. The minimum atomic E-state index is -0.999. The third-order valence-corrected chi connectivity index (χ3v) is 2.50. The summed E-state index contributed by atoms with van der Waals surface area (Å²) in [5.41, 5.74) is 0.345. The van der Waals surface area contributed by atoms with Crippen LogP contribution in [0.4, 0.5) is 0 Å². The van der Waals surface area contributed by atoms with Crippen molar-refractivity contribution in [3.8, 4) is 5.75 Å². The molecule has 0 fully saturated rings. The lowest BCUT2D eigenvalue weighted by molar-refractivity contribution is -0.136. The Balaban J connectivity index is 2.86. The van der Waals surface area contributed by atoms with Crippen LogP contribution in [0.2, 0.25) is 5.02 Å². The number of ether oxygens (including phenoxy) is 1. The highest BCUT2D eigenvalue weighted by Crippen LogP contribution is 2.24. The number of carbonyl (C=O) groups is 2. The maximum atomic E-state index is 11.9. The van der Waals surface area contributed by atoms with E-state index in [-0.39, 0.29) is 18.6 Å². The zero-order valence-corrected chi connectivity index (χ0v) is 10.9. The van der Waals surface area contributed by atoms with Crippen LogP contribution in [-0.4, -0.2) is 23.5 Å². The maximum Gasteiger partial charge on any atom is 0.303 e. The van der Waals surface area contributed by atoms with Gasteiger partial charge in [0, 0.05) is 11.4 Å². The van der Waals surface area contributed by atoms with E-state index < -0.39 is 5.97 Å². The molecule has 0 atom stereocenters. The summed E-state index contributed by atoms with van der Waals surface area (Å²) in [4.78, 5) is 22.3. The Labute approximate surface area is 111 Å². The van der Waals surface area contributed by atoms with Crippen molar-refractivity contribution in [2.75, 3.05) is 6.61 Å². The van der Waals surface area contributed by atoms with Gasteiger partial charge in [0.05, 0.1) is 18.6 Å². The van der Waals surface area contributed by atoms with Crippen LogP contribution in [0.1, 0.15) is 36.5 Å². The molecule has 1 aromatic carbocycles. The van der Waals surface area contributed by atoms with Crippen molar-refractivity contribution in [1.29, 1.82) is 0 Å². The van der Waals surface area contributed by atoms with E-state index >= 15 is 0 Å². The first-order chi connectivity index (χ1) is 8.54. The average Bonchev–Trinajstić information content (AvgIpc) is 2.34. The lowest BCUT2D eigenvalue weighted by atomic mass is 10.1. The fourth-order valence-electron chi connectivity index (χ4n) is 1.41. The van der Waals surface area contributed by atoms with Crippen LogP contribution in [0, 0.1) is 0 Å². The maximum absolute atomic E-state index is 11.9. The van der Waals surface area contributed by atoms with Gasteiger partial charge in [-0.25, -0.2) is 0 Å². The van der Waals surface area contributed by atoms with Crippen molar-refractivity contribution in [2.24, 2.45) is 0 Å². The Morgan fingerprint density at radius 1 is 1.33 bits per heavy atom. The topological polar surface area (TPSA) is 63.6 Å². The zero-order valence-electron chi connectivity index (χ0n) is 10.1. The van der Waals surface area contributed by atoms with Gasteiger partial charge in [-0.15, -0.1) is 0 Å². The summed E-state index contributed by atoms with van der Waals surface area (Å²) in [5.74, 6) is -0.816. The van der Waals surface area contributed by atoms with Crippen molar-refractivity contribution in [3.63, 3.8) is 0 Å². The molecule has 0 saturated heterocycles. The molecular weight excluding hydrogens is 256 g/mol. The van der Waals surface area contributed by atoms with Crippen LogP contribution in [0.5, 0.6) is 5.75 Å². The van der Waals surface area contributed by atoms with E-state index in [1.54, 1.807) is 12.1 Å². The molecule has 0 spiro atoms. The van der Waals surface area contributed by atoms with E-state index in [9.17, 15) is 9.59 Å². The summed E-state index contributed by atoms with van der Waals surface area (Å²) >= 11 is 5.83. The Kier molecular flexibility index (Phi) is 5.65. The van der Waals surface area contributed by atoms with Gasteiger partial charge >= 0.3 is 5.97 Å². The number of halogens is 1. The highest BCUT2D eigenvalue weighted by atomic mass is 35.5. The lowest BCUT2D eigenvalue weighted by Crippen LogP contribution is -2.07. The molecule has 0 unspecified atom stereocenters. The normalized spacial score (nSPS) is 10.1. The van der Waals surface area contributed by atoms with Crippen molar-refractivity contribution in [3.05, 3.63) is 28.8 Å². The SMILES string of the molecule is CCCOc1ccc(Cl)cc1C(=O)CCC(=O)O. The average molecular weight is 271 g/mol. The summed E-state index contributed by atoms with van der Waals surface area (Å²) in [6.07, 6.45) is 0.572. The smallest absolute Gasteiger partial charge is 0.303 e. The number of hydrogen-bond donors (Lipinski definition) is 1. The Morgan fingerprint density at radius 3 is 2.67 bits per heavy atom. The Bertz CT molecular complexity index is 443. The second-order valence-corrected chi connectivity index (χ2v) is 4.24. The monoisotopic (exact) mass is 270 g/mol. The first-order valence-corrected chi connectivity index (χ1v) is 6.09. The molecule has 0 aliphatic carbocycles. The predicted octanol–water partition coefficient (Wildman–Crippen LogP) is 3.18. The van der Waals surface area contributed by atoms with Gasteiger partial charge in [0.25, 0.3) is 0 Å². The number of carbonyl (C=O) groups excluding carboxylic acids is 1. The molecule has 0 saturated carbocycles. The minimum Gasteiger partial charge on any atom is -0.493 e. The van der Waals surface area contributed by atoms with Crippen LogP contribution in [0.3, 0.4) is 0 Å². The molecule has 0 amide bonds. The molecule has 18 heavy (non-hydrogen) atoms. The second-order valence-electron chi connectivity index (χ2n) is 3.81. The highest BCUT2D eigenvalue weighted by Gasteiger charge is 2.14. The molecule has 1 rings (SSSR count). The van der Waals surface area contributed by atoms with Crippen molar-refractivity contribution in [1.82, 2.24) is 0 Å².